The summed E-state index contributed by atoms with van der Waals surface area (Å²) in [6.45, 7) is 5.52. The minimum atomic E-state index is -0.559. The van der Waals surface area contributed by atoms with Gasteiger partial charge in [0.05, 0.1) is 17.1 Å². The number of nitrogens with two attached hydrogens (primary N) is 1. The monoisotopic (exact) mass is 358 g/mol. The molecule has 3 N–H and O–H groups in total. The molecule has 1 saturated heterocycles. The molecule has 0 aliphatic carbocycles. The molecule has 0 saturated carbocycles. The van der Waals surface area contributed by atoms with Gasteiger partial charge in [-0.1, -0.05) is 30.3 Å². The van der Waals surface area contributed by atoms with Gasteiger partial charge in [-0.25, -0.2) is 0 Å². The van der Waals surface area contributed by atoms with Crippen molar-refractivity contribution in [3.8, 4) is 0 Å². The van der Waals surface area contributed by atoms with Crippen molar-refractivity contribution in [3.63, 3.8) is 0 Å². The summed E-state index contributed by atoms with van der Waals surface area (Å²) in [7, 11) is 0. The van der Waals surface area contributed by atoms with Gasteiger partial charge in [0.15, 0.2) is 0 Å². The van der Waals surface area contributed by atoms with Crippen LogP contribution in [0, 0.1) is 10.1 Å². The van der Waals surface area contributed by atoms with Gasteiger partial charge in [-0.15, -0.1) is 0 Å². The molecule has 138 valence electrons. The number of aromatic nitrogens is 2. The number of morpholine rings is 1. The Hall–Kier alpha value is -2.94. The number of hydrogen-bond donors (Lipinski definition) is 2. The van der Waals surface area contributed by atoms with E-state index in [0.29, 0.717) is 25.6 Å². The van der Waals surface area contributed by atoms with Crippen LogP contribution in [0.1, 0.15) is 19.4 Å². The first-order valence-corrected chi connectivity index (χ1v) is 8.44. The molecule has 2 atom stereocenters. The zero-order valence-electron chi connectivity index (χ0n) is 14.8. The lowest BCUT2D eigenvalue weighted by Crippen LogP contribution is -2.46. The predicted octanol–water partition coefficient (Wildman–Crippen LogP) is 2.19. The molecule has 0 radical (unpaired) electrons. The zero-order chi connectivity index (χ0) is 18.7. The van der Waals surface area contributed by atoms with E-state index in [1.807, 2.05) is 49.1 Å². The van der Waals surface area contributed by atoms with E-state index in [1.165, 1.54) is 0 Å². The van der Waals surface area contributed by atoms with Crippen molar-refractivity contribution in [2.45, 2.75) is 32.6 Å². The largest absolute Gasteiger partial charge is 0.378 e. The minimum Gasteiger partial charge on any atom is -0.378 e. The van der Waals surface area contributed by atoms with Gasteiger partial charge in [0.2, 0.25) is 17.6 Å². The fourth-order valence-electron chi connectivity index (χ4n) is 3.03. The van der Waals surface area contributed by atoms with Gasteiger partial charge < -0.3 is 20.7 Å². The summed E-state index contributed by atoms with van der Waals surface area (Å²) in [5, 5.41) is 14.4. The molecule has 9 heteroatoms. The molecule has 1 aromatic heterocycles. The van der Waals surface area contributed by atoms with Crippen LogP contribution in [0.2, 0.25) is 0 Å². The molecule has 0 amide bonds. The quantitative estimate of drug-likeness (QED) is 0.616. The summed E-state index contributed by atoms with van der Waals surface area (Å²) in [4.78, 5) is 21.3. The SMILES string of the molecule is C[C@H]1CN(c2nc(N)c([N+](=O)[O-])c(NCc3ccccc3)n2)C[C@H](C)O1. The number of ether oxygens (including phenoxy) is 1. The highest BCUT2D eigenvalue weighted by atomic mass is 16.6. The maximum Gasteiger partial charge on any atom is 0.353 e. The van der Waals surface area contributed by atoms with E-state index in [-0.39, 0.29) is 29.5 Å². The number of hydrogen-bond acceptors (Lipinski definition) is 8. The molecular formula is C17H22N6O3. The lowest BCUT2D eigenvalue weighted by atomic mass is 10.2. The molecule has 0 unspecified atom stereocenters. The van der Waals surface area contributed by atoms with Gasteiger partial charge >= 0.3 is 5.69 Å². The molecule has 1 fully saturated rings. The van der Waals surface area contributed by atoms with Crippen molar-refractivity contribution in [2.24, 2.45) is 0 Å². The van der Waals surface area contributed by atoms with Crippen LogP contribution in [-0.2, 0) is 11.3 Å². The van der Waals surface area contributed by atoms with Crippen LogP contribution >= 0.6 is 0 Å². The van der Waals surface area contributed by atoms with Gasteiger partial charge in [-0.2, -0.15) is 9.97 Å². The van der Waals surface area contributed by atoms with E-state index < -0.39 is 4.92 Å². The van der Waals surface area contributed by atoms with Crippen LogP contribution < -0.4 is 16.0 Å². The maximum atomic E-state index is 11.4. The van der Waals surface area contributed by atoms with Gasteiger partial charge in [-0.05, 0) is 19.4 Å². The van der Waals surface area contributed by atoms with Gasteiger partial charge in [0.1, 0.15) is 0 Å². The second-order valence-corrected chi connectivity index (χ2v) is 6.36. The van der Waals surface area contributed by atoms with Gasteiger partial charge in [0, 0.05) is 19.6 Å². The minimum absolute atomic E-state index is 0.0134. The van der Waals surface area contributed by atoms with E-state index in [1.54, 1.807) is 0 Å². The molecule has 2 aromatic rings. The predicted molar refractivity (Wildman–Crippen MR) is 99.1 cm³/mol. The lowest BCUT2D eigenvalue weighted by Gasteiger charge is -2.35. The van der Waals surface area contributed by atoms with Gasteiger partial charge in [-0.3, -0.25) is 10.1 Å². The molecule has 1 aromatic carbocycles. The summed E-state index contributed by atoms with van der Waals surface area (Å²) in [6, 6.07) is 9.57. The Morgan fingerprint density at radius 2 is 1.92 bits per heavy atom. The lowest BCUT2D eigenvalue weighted by molar-refractivity contribution is -0.383. The van der Waals surface area contributed by atoms with E-state index >= 15 is 0 Å². The molecule has 1 aliphatic rings. The second-order valence-electron chi connectivity index (χ2n) is 6.36. The smallest absolute Gasteiger partial charge is 0.353 e. The number of nitro groups is 1. The zero-order valence-corrected chi connectivity index (χ0v) is 14.8. The normalized spacial score (nSPS) is 20.0. The highest BCUT2D eigenvalue weighted by molar-refractivity contribution is 5.70. The van der Waals surface area contributed by atoms with Crippen LogP contribution in [0.3, 0.4) is 0 Å². The maximum absolute atomic E-state index is 11.4. The van der Waals surface area contributed by atoms with Crippen molar-refractivity contribution in [2.75, 3.05) is 29.0 Å². The highest BCUT2D eigenvalue weighted by Crippen LogP contribution is 2.31. The first-order valence-electron chi connectivity index (χ1n) is 8.44. The van der Waals surface area contributed by atoms with E-state index in [9.17, 15) is 10.1 Å². The number of benzene rings is 1. The molecule has 1 aliphatic heterocycles. The molecule has 0 bridgehead atoms. The van der Waals surface area contributed by atoms with Gasteiger partial charge in [0.25, 0.3) is 0 Å². The van der Waals surface area contributed by atoms with Crippen LogP contribution in [0.4, 0.5) is 23.3 Å². The average Bonchev–Trinajstić information content (AvgIpc) is 2.59. The first-order chi connectivity index (χ1) is 12.4. The summed E-state index contributed by atoms with van der Waals surface area (Å²) >= 11 is 0. The standard InChI is InChI=1S/C17H22N6O3/c1-11-9-22(10-12(2)26-11)17-20-15(18)14(23(24)25)16(21-17)19-8-13-6-4-3-5-7-13/h3-7,11-12H,8-10H2,1-2H3,(H3,18,19,20,21)/t11-,12-/m0/s1. The number of nitrogen functional groups attached to an aromatic ring is 1. The number of nitrogens with one attached hydrogen (secondary N) is 1. The molecule has 0 spiro atoms. The Balaban J connectivity index is 1.90. The molecular weight excluding hydrogens is 336 g/mol. The summed E-state index contributed by atoms with van der Waals surface area (Å²) < 4.78 is 5.71. The van der Waals surface area contributed by atoms with Crippen LogP contribution in [0.15, 0.2) is 30.3 Å². The first kappa shape index (κ1) is 17.9. The van der Waals surface area contributed by atoms with Crippen molar-refractivity contribution >= 4 is 23.3 Å². The van der Waals surface area contributed by atoms with Crippen LogP contribution in [0.25, 0.3) is 0 Å². The number of anilines is 3. The van der Waals surface area contributed by atoms with Crippen molar-refractivity contribution in [1.29, 1.82) is 0 Å². The van der Waals surface area contributed by atoms with Crippen molar-refractivity contribution < 1.29 is 9.66 Å². The summed E-state index contributed by atoms with van der Waals surface area (Å²) in [6.07, 6.45) is 0.0268. The summed E-state index contributed by atoms with van der Waals surface area (Å²) in [5.41, 5.74) is 6.55. The molecule has 3 rings (SSSR count). The Morgan fingerprint density at radius 3 is 2.54 bits per heavy atom. The number of rotatable bonds is 5. The van der Waals surface area contributed by atoms with Crippen molar-refractivity contribution in [1.82, 2.24) is 9.97 Å². The Labute approximate surface area is 151 Å². The topological polar surface area (TPSA) is 119 Å². The third kappa shape index (κ3) is 3.99. The number of nitrogens with zero attached hydrogens (tertiary/aromatic N) is 4. The fraction of sp³-hybridized carbons (Fsp3) is 0.412. The average molecular weight is 358 g/mol. The van der Waals surface area contributed by atoms with E-state index in [2.05, 4.69) is 15.3 Å². The Kier molecular flexibility index (Phi) is 5.17. The molecule has 26 heavy (non-hydrogen) atoms. The third-order valence-electron chi connectivity index (χ3n) is 4.09. The second kappa shape index (κ2) is 7.52. The van der Waals surface area contributed by atoms with Crippen molar-refractivity contribution in [3.05, 3.63) is 46.0 Å². The third-order valence-corrected chi connectivity index (χ3v) is 4.09. The Morgan fingerprint density at radius 1 is 1.27 bits per heavy atom. The van der Waals surface area contributed by atoms with Crippen LogP contribution in [0.5, 0.6) is 0 Å². The molecule has 9 nitrogen and oxygen atoms in total. The van der Waals surface area contributed by atoms with Crippen LogP contribution in [-0.4, -0.2) is 40.2 Å². The molecule has 2 heterocycles. The highest BCUT2D eigenvalue weighted by Gasteiger charge is 2.28. The summed E-state index contributed by atoms with van der Waals surface area (Å²) in [5.74, 6) is 0.334. The fourth-order valence-corrected chi connectivity index (χ4v) is 3.03. The Bertz CT molecular complexity index is 776. The van der Waals surface area contributed by atoms with E-state index in [4.69, 9.17) is 10.5 Å². The van der Waals surface area contributed by atoms with E-state index in [0.717, 1.165) is 5.56 Å².